The second-order valence-corrected chi connectivity index (χ2v) is 5.55. The molecule has 0 bridgehead atoms. The minimum atomic E-state index is -0.364. The molecule has 0 amide bonds. The Kier molecular flexibility index (Phi) is 3.67. The van der Waals surface area contributed by atoms with Gasteiger partial charge in [-0.1, -0.05) is 12.2 Å². The van der Waals surface area contributed by atoms with E-state index in [0.29, 0.717) is 30.2 Å². The molecule has 8 heteroatoms. The van der Waals surface area contributed by atoms with E-state index in [1.54, 1.807) is 18.1 Å². The highest BCUT2D eigenvalue weighted by Crippen LogP contribution is 2.23. The summed E-state index contributed by atoms with van der Waals surface area (Å²) in [5.41, 5.74) is 1.06. The molecular formula is C15H20N6O2. The van der Waals surface area contributed by atoms with E-state index in [2.05, 4.69) is 10.1 Å². The smallest absolute Gasteiger partial charge is 0.297 e. The lowest BCUT2D eigenvalue weighted by Gasteiger charge is -2.23. The SMILES string of the molecule is CC=CCn1c(=O)c2c(nc3n2CC(C)=NN3CC)n(C)c1=O. The lowest BCUT2D eigenvalue weighted by molar-refractivity contribution is 0.662. The van der Waals surface area contributed by atoms with Crippen LogP contribution in [0.15, 0.2) is 26.8 Å². The third-order valence-corrected chi connectivity index (χ3v) is 3.94. The second kappa shape index (κ2) is 5.53. The largest absolute Gasteiger partial charge is 0.332 e. The summed E-state index contributed by atoms with van der Waals surface area (Å²) in [4.78, 5) is 29.8. The van der Waals surface area contributed by atoms with E-state index in [1.807, 2.05) is 31.4 Å². The fourth-order valence-electron chi connectivity index (χ4n) is 2.80. The monoisotopic (exact) mass is 316 g/mol. The Balaban J connectivity index is 2.37. The van der Waals surface area contributed by atoms with Gasteiger partial charge in [0.15, 0.2) is 11.2 Å². The number of rotatable bonds is 3. The summed E-state index contributed by atoms with van der Waals surface area (Å²) in [6.07, 6.45) is 3.60. The molecular weight excluding hydrogens is 296 g/mol. The molecule has 3 rings (SSSR count). The molecule has 3 heterocycles. The summed E-state index contributed by atoms with van der Waals surface area (Å²) in [5.74, 6) is 0.601. The Morgan fingerprint density at radius 3 is 2.70 bits per heavy atom. The van der Waals surface area contributed by atoms with E-state index in [4.69, 9.17) is 0 Å². The maximum absolute atomic E-state index is 12.8. The van der Waals surface area contributed by atoms with Crippen molar-refractivity contribution in [3.05, 3.63) is 33.0 Å². The van der Waals surface area contributed by atoms with Crippen LogP contribution in [0.3, 0.4) is 0 Å². The van der Waals surface area contributed by atoms with Gasteiger partial charge in [0.05, 0.1) is 12.3 Å². The highest BCUT2D eigenvalue weighted by atomic mass is 16.2. The van der Waals surface area contributed by atoms with Crippen molar-refractivity contribution in [1.82, 2.24) is 18.7 Å². The van der Waals surface area contributed by atoms with Gasteiger partial charge in [0.2, 0.25) is 5.95 Å². The number of fused-ring (bicyclic) bond motifs is 3. The van der Waals surface area contributed by atoms with Crippen LogP contribution >= 0.6 is 0 Å². The van der Waals surface area contributed by atoms with Crippen LogP contribution in [0, 0.1) is 0 Å². The topological polar surface area (TPSA) is 77.4 Å². The molecule has 0 atom stereocenters. The number of imidazole rings is 1. The van der Waals surface area contributed by atoms with Gasteiger partial charge >= 0.3 is 5.69 Å². The zero-order valence-electron chi connectivity index (χ0n) is 13.8. The van der Waals surface area contributed by atoms with Gasteiger partial charge in [-0.15, -0.1) is 0 Å². The zero-order chi connectivity index (χ0) is 16.7. The van der Waals surface area contributed by atoms with Crippen molar-refractivity contribution < 1.29 is 0 Å². The first-order valence-corrected chi connectivity index (χ1v) is 7.62. The fourth-order valence-corrected chi connectivity index (χ4v) is 2.80. The van der Waals surface area contributed by atoms with Gasteiger partial charge in [-0.2, -0.15) is 10.1 Å². The number of anilines is 1. The van der Waals surface area contributed by atoms with E-state index in [9.17, 15) is 9.59 Å². The molecule has 0 N–H and O–H groups in total. The molecule has 0 aliphatic carbocycles. The summed E-state index contributed by atoms with van der Waals surface area (Å²) in [5, 5.41) is 6.20. The van der Waals surface area contributed by atoms with E-state index in [0.717, 1.165) is 5.71 Å². The van der Waals surface area contributed by atoms with Gasteiger partial charge in [0.25, 0.3) is 5.56 Å². The van der Waals surface area contributed by atoms with Gasteiger partial charge in [0, 0.05) is 20.1 Å². The molecule has 23 heavy (non-hydrogen) atoms. The molecule has 122 valence electrons. The van der Waals surface area contributed by atoms with Crippen molar-refractivity contribution in [1.29, 1.82) is 0 Å². The first kappa shape index (κ1) is 15.3. The lowest BCUT2D eigenvalue weighted by Crippen LogP contribution is -2.39. The van der Waals surface area contributed by atoms with E-state index in [1.165, 1.54) is 9.13 Å². The summed E-state index contributed by atoms with van der Waals surface area (Å²) in [6.45, 7) is 7.13. The van der Waals surface area contributed by atoms with Crippen molar-refractivity contribution in [2.75, 3.05) is 11.6 Å². The van der Waals surface area contributed by atoms with Gasteiger partial charge in [-0.05, 0) is 20.8 Å². The Labute approximate surface area is 133 Å². The Morgan fingerprint density at radius 1 is 1.30 bits per heavy atom. The molecule has 0 saturated carbocycles. The van der Waals surface area contributed by atoms with Crippen molar-refractivity contribution in [2.45, 2.75) is 33.9 Å². The summed E-state index contributed by atoms with van der Waals surface area (Å²) in [6, 6.07) is 0. The Morgan fingerprint density at radius 2 is 2.04 bits per heavy atom. The van der Waals surface area contributed by atoms with E-state index in [-0.39, 0.29) is 17.8 Å². The van der Waals surface area contributed by atoms with Crippen LogP contribution in [0.1, 0.15) is 20.8 Å². The highest BCUT2D eigenvalue weighted by Gasteiger charge is 2.25. The van der Waals surface area contributed by atoms with Crippen LogP contribution in [0.2, 0.25) is 0 Å². The van der Waals surface area contributed by atoms with Gasteiger partial charge in [0.1, 0.15) is 0 Å². The zero-order valence-corrected chi connectivity index (χ0v) is 13.8. The van der Waals surface area contributed by atoms with Crippen molar-refractivity contribution in [3.8, 4) is 0 Å². The Hall–Kier alpha value is -2.64. The van der Waals surface area contributed by atoms with Crippen LogP contribution in [0.5, 0.6) is 0 Å². The minimum Gasteiger partial charge on any atom is -0.297 e. The van der Waals surface area contributed by atoms with Gasteiger partial charge in [-0.25, -0.2) is 9.80 Å². The molecule has 0 unspecified atom stereocenters. The minimum absolute atomic E-state index is 0.253. The quantitative estimate of drug-likeness (QED) is 0.781. The first-order valence-electron chi connectivity index (χ1n) is 7.62. The number of nitrogens with zero attached hydrogens (tertiary/aromatic N) is 6. The van der Waals surface area contributed by atoms with Crippen LogP contribution in [-0.4, -0.2) is 30.9 Å². The summed E-state index contributed by atoms with van der Waals surface area (Å²) in [7, 11) is 1.64. The molecule has 1 aliphatic heterocycles. The van der Waals surface area contributed by atoms with E-state index >= 15 is 0 Å². The van der Waals surface area contributed by atoms with Crippen LogP contribution in [-0.2, 0) is 20.1 Å². The molecule has 0 fully saturated rings. The summed E-state index contributed by atoms with van der Waals surface area (Å²) >= 11 is 0. The number of aryl methyl sites for hydroxylation is 1. The standard InChI is InChI=1S/C15H20N6O2/c1-5-7-8-19-13(22)11-12(18(4)15(19)23)16-14-20(11)9-10(3)17-21(14)6-2/h5,7H,6,8-9H2,1-4H3. The number of hydrogen-bond donors (Lipinski definition) is 0. The Bertz CT molecular complexity index is 943. The van der Waals surface area contributed by atoms with Crippen molar-refractivity contribution >= 4 is 22.8 Å². The molecule has 1 aliphatic rings. The molecule has 8 nitrogen and oxygen atoms in total. The maximum Gasteiger partial charge on any atom is 0.332 e. The predicted octanol–water partition coefficient (Wildman–Crippen LogP) is 0.689. The number of hydrazone groups is 1. The van der Waals surface area contributed by atoms with Gasteiger partial charge in [-0.3, -0.25) is 18.5 Å². The average Bonchev–Trinajstić information content (AvgIpc) is 2.91. The van der Waals surface area contributed by atoms with E-state index < -0.39 is 0 Å². The predicted molar refractivity (Wildman–Crippen MR) is 90.2 cm³/mol. The van der Waals surface area contributed by atoms with Crippen LogP contribution < -0.4 is 16.3 Å². The third-order valence-electron chi connectivity index (χ3n) is 3.94. The number of hydrogen-bond acceptors (Lipinski definition) is 5. The molecule has 0 aromatic carbocycles. The van der Waals surface area contributed by atoms with Crippen LogP contribution in [0.25, 0.3) is 11.2 Å². The lowest BCUT2D eigenvalue weighted by atomic mass is 10.3. The molecule has 2 aromatic heterocycles. The van der Waals surface area contributed by atoms with Crippen LogP contribution in [0.4, 0.5) is 5.95 Å². The highest BCUT2D eigenvalue weighted by molar-refractivity contribution is 5.87. The summed E-state index contributed by atoms with van der Waals surface area (Å²) < 4.78 is 4.50. The average molecular weight is 316 g/mol. The molecule has 0 radical (unpaired) electrons. The molecule has 2 aromatic rings. The molecule has 0 spiro atoms. The third kappa shape index (κ3) is 2.21. The normalized spacial score (nSPS) is 14.6. The van der Waals surface area contributed by atoms with Crippen molar-refractivity contribution in [2.24, 2.45) is 12.1 Å². The fraction of sp³-hybridized carbons (Fsp3) is 0.467. The van der Waals surface area contributed by atoms with Gasteiger partial charge < -0.3 is 0 Å². The molecule has 0 saturated heterocycles. The number of allylic oxidation sites excluding steroid dienone is 2. The first-order chi connectivity index (χ1) is 11.0. The maximum atomic E-state index is 12.8. The van der Waals surface area contributed by atoms with Crippen molar-refractivity contribution in [3.63, 3.8) is 0 Å². The second-order valence-electron chi connectivity index (χ2n) is 5.55. The number of aromatic nitrogens is 4.